The molecule has 0 aromatic heterocycles. The second-order valence-corrected chi connectivity index (χ2v) is 4.27. The maximum absolute atomic E-state index is 8.90. The number of aliphatic hydroxyl groups is 1. The maximum atomic E-state index is 8.90. The lowest BCUT2D eigenvalue weighted by Crippen LogP contribution is -1.88. The van der Waals surface area contributed by atoms with Gasteiger partial charge in [0.2, 0.25) is 0 Å². The van der Waals surface area contributed by atoms with Crippen molar-refractivity contribution in [3.05, 3.63) is 33.8 Å². The summed E-state index contributed by atoms with van der Waals surface area (Å²) in [6.45, 7) is 0.269. The number of halogens is 2. The van der Waals surface area contributed by atoms with Crippen LogP contribution in [0.4, 0.5) is 0 Å². The molecule has 1 saturated carbocycles. The molecule has 0 heterocycles. The fraction of sp³-hybridized carbons (Fsp3) is 0.400. The van der Waals surface area contributed by atoms with Crippen LogP contribution in [0.5, 0.6) is 0 Å². The standard InChI is InChI=1S/C10H10Cl2O/c11-9-2-1-6(4-10(9)12)8-3-7(8)5-13/h1-2,4,7-8,13H,3,5H2/t7-,8+/m0/s1. The second-order valence-electron chi connectivity index (χ2n) is 3.46. The van der Waals surface area contributed by atoms with Gasteiger partial charge < -0.3 is 5.11 Å². The Balaban J connectivity index is 2.19. The van der Waals surface area contributed by atoms with Crippen molar-refractivity contribution in [2.24, 2.45) is 5.92 Å². The summed E-state index contributed by atoms with van der Waals surface area (Å²) in [5, 5.41) is 10.1. The molecule has 1 nitrogen and oxygen atoms in total. The molecule has 0 saturated heterocycles. The summed E-state index contributed by atoms with van der Waals surface area (Å²) in [7, 11) is 0. The van der Waals surface area contributed by atoms with E-state index < -0.39 is 0 Å². The van der Waals surface area contributed by atoms with E-state index in [1.807, 2.05) is 18.2 Å². The first kappa shape index (κ1) is 9.32. The molecule has 2 rings (SSSR count). The molecule has 1 aromatic rings. The topological polar surface area (TPSA) is 20.2 Å². The molecule has 2 atom stereocenters. The zero-order valence-electron chi connectivity index (χ0n) is 7.00. The van der Waals surface area contributed by atoms with Gasteiger partial charge in [-0.05, 0) is 36.0 Å². The summed E-state index contributed by atoms with van der Waals surface area (Å²) in [6.07, 6.45) is 1.06. The molecule has 0 unspecified atom stereocenters. The Kier molecular flexibility index (Phi) is 2.50. The molecule has 0 spiro atoms. The van der Waals surface area contributed by atoms with Gasteiger partial charge in [0.15, 0.2) is 0 Å². The Morgan fingerprint density at radius 3 is 2.62 bits per heavy atom. The fourth-order valence-corrected chi connectivity index (χ4v) is 1.91. The van der Waals surface area contributed by atoms with Crippen molar-refractivity contribution in [2.75, 3.05) is 6.61 Å². The lowest BCUT2D eigenvalue weighted by atomic mass is 10.1. The number of hydrogen-bond acceptors (Lipinski definition) is 1. The van der Waals surface area contributed by atoms with E-state index >= 15 is 0 Å². The zero-order chi connectivity index (χ0) is 9.42. The summed E-state index contributed by atoms with van der Waals surface area (Å²) >= 11 is 11.7. The monoisotopic (exact) mass is 216 g/mol. The highest BCUT2D eigenvalue weighted by Crippen LogP contribution is 2.47. The summed E-state index contributed by atoms with van der Waals surface area (Å²) in [4.78, 5) is 0. The van der Waals surface area contributed by atoms with E-state index in [1.54, 1.807) is 0 Å². The minimum Gasteiger partial charge on any atom is -0.396 e. The molecular formula is C10H10Cl2O. The van der Waals surface area contributed by atoms with Gasteiger partial charge in [0.25, 0.3) is 0 Å². The van der Waals surface area contributed by atoms with Crippen molar-refractivity contribution >= 4 is 23.2 Å². The van der Waals surface area contributed by atoms with E-state index in [2.05, 4.69) is 0 Å². The highest BCUT2D eigenvalue weighted by Gasteiger charge is 2.37. The molecule has 0 aliphatic heterocycles. The van der Waals surface area contributed by atoms with Gasteiger partial charge in [-0.25, -0.2) is 0 Å². The van der Waals surface area contributed by atoms with Crippen LogP contribution in [0.2, 0.25) is 10.0 Å². The van der Waals surface area contributed by atoms with Crippen molar-refractivity contribution in [1.82, 2.24) is 0 Å². The van der Waals surface area contributed by atoms with E-state index in [4.69, 9.17) is 28.3 Å². The normalized spacial score (nSPS) is 26.1. The SMILES string of the molecule is OC[C@@H]1C[C@@H]1c1ccc(Cl)c(Cl)c1. The van der Waals surface area contributed by atoms with Crippen LogP contribution in [-0.4, -0.2) is 11.7 Å². The molecule has 1 aromatic carbocycles. The van der Waals surface area contributed by atoms with Crippen LogP contribution < -0.4 is 0 Å². The van der Waals surface area contributed by atoms with E-state index in [1.165, 1.54) is 5.56 Å². The van der Waals surface area contributed by atoms with Crippen molar-refractivity contribution in [2.45, 2.75) is 12.3 Å². The van der Waals surface area contributed by atoms with Gasteiger partial charge in [0.1, 0.15) is 0 Å². The van der Waals surface area contributed by atoms with Crippen molar-refractivity contribution in [3.63, 3.8) is 0 Å². The second kappa shape index (κ2) is 3.49. The molecule has 70 valence electrons. The fourth-order valence-electron chi connectivity index (χ4n) is 1.60. The average Bonchev–Trinajstić information content (AvgIpc) is 2.88. The Hall–Kier alpha value is -0.240. The third kappa shape index (κ3) is 1.83. The van der Waals surface area contributed by atoms with Crippen molar-refractivity contribution in [3.8, 4) is 0 Å². The van der Waals surface area contributed by atoms with E-state index in [9.17, 15) is 0 Å². The predicted octanol–water partition coefficient (Wildman–Crippen LogP) is 3.09. The van der Waals surface area contributed by atoms with Crippen LogP contribution in [0.25, 0.3) is 0 Å². The largest absolute Gasteiger partial charge is 0.396 e. The van der Waals surface area contributed by atoms with Crippen LogP contribution in [-0.2, 0) is 0 Å². The van der Waals surface area contributed by atoms with Crippen LogP contribution in [0.3, 0.4) is 0 Å². The molecule has 0 bridgehead atoms. The van der Waals surface area contributed by atoms with Crippen LogP contribution in [0.1, 0.15) is 17.9 Å². The predicted molar refractivity (Wildman–Crippen MR) is 54.4 cm³/mol. The Morgan fingerprint density at radius 2 is 2.08 bits per heavy atom. The quantitative estimate of drug-likeness (QED) is 0.806. The summed E-state index contributed by atoms with van der Waals surface area (Å²) in [5.41, 5.74) is 1.19. The lowest BCUT2D eigenvalue weighted by molar-refractivity contribution is 0.274. The summed E-state index contributed by atoms with van der Waals surface area (Å²) < 4.78 is 0. The van der Waals surface area contributed by atoms with E-state index in [0.29, 0.717) is 21.9 Å². The third-order valence-corrected chi connectivity index (χ3v) is 3.27. The van der Waals surface area contributed by atoms with Gasteiger partial charge in [0.05, 0.1) is 10.0 Å². The molecule has 1 aliphatic rings. The lowest BCUT2D eigenvalue weighted by Gasteiger charge is -2.01. The minimum atomic E-state index is 0.269. The molecule has 3 heteroatoms. The van der Waals surface area contributed by atoms with E-state index in [0.717, 1.165) is 6.42 Å². The van der Waals surface area contributed by atoms with Crippen molar-refractivity contribution < 1.29 is 5.11 Å². The average molecular weight is 217 g/mol. The van der Waals surface area contributed by atoms with Crippen LogP contribution >= 0.6 is 23.2 Å². The highest BCUT2D eigenvalue weighted by molar-refractivity contribution is 6.42. The molecule has 13 heavy (non-hydrogen) atoms. The van der Waals surface area contributed by atoms with Gasteiger partial charge in [-0.3, -0.25) is 0 Å². The zero-order valence-corrected chi connectivity index (χ0v) is 8.52. The van der Waals surface area contributed by atoms with Gasteiger partial charge >= 0.3 is 0 Å². The Bertz CT molecular complexity index is 325. The number of benzene rings is 1. The summed E-state index contributed by atoms with van der Waals surface area (Å²) in [6, 6.07) is 5.69. The van der Waals surface area contributed by atoms with Crippen LogP contribution in [0.15, 0.2) is 18.2 Å². The number of hydrogen-bond donors (Lipinski definition) is 1. The highest BCUT2D eigenvalue weighted by atomic mass is 35.5. The first-order valence-electron chi connectivity index (χ1n) is 4.28. The first-order chi connectivity index (χ1) is 6.22. The van der Waals surface area contributed by atoms with Gasteiger partial charge in [-0.2, -0.15) is 0 Å². The maximum Gasteiger partial charge on any atom is 0.0595 e. The molecule has 1 N–H and O–H groups in total. The Morgan fingerprint density at radius 1 is 1.31 bits per heavy atom. The van der Waals surface area contributed by atoms with Crippen molar-refractivity contribution in [1.29, 1.82) is 0 Å². The smallest absolute Gasteiger partial charge is 0.0595 e. The molecule has 0 radical (unpaired) electrons. The number of rotatable bonds is 2. The number of aliphatic hydroxyl groups excluding tert-OH is 1. The van der Waals surface area contributed by atoms with Gasteiger partial charge in [0, 0.05) is 6.61 Å². The minimum absolute atomic E-state index is 0.269. The van der Waals surface area contributed by atoms with Gasteiger partial charge in [-0.1, -0.05) is 29.3 Å². The molecular weight excluding hydrogens is 207 g/mol. The molecule has 1 aliphatic carbocycles. The van der Waals surface area contributed by atoms with E-state index in [-0.39, 0.29) is 6.61 Å². The Labute approximate surface area is 87.3 Å². The van der Waals surface area contributed by atoms with Crippen LogP contribution in [0, 0.1) is 5.92 Å². The first-order valence-corrected chi connectivity index (χ1v) is 5.03. The van der Waals surface area contributed by atoms with Gasteiger partial charge in [-0.15, -0.1) is 0 Å². The molecule has 0 amide bonds. The summed E-state index contributed by atoms with van der Waals surface area (Å²) in [5.74, 6) is 0.914. The third-order valence-electron chi connectivity index (χ3n) is 2.53. The molecule has 1 fully saturated rings.